The molecule has 0 aliphatic carbocycles. The molecule has 0 aromatic carbocycles. The Bertz CT molecular complexity index is 560. The molecular formula is C10H11N3O3. The van der Waals surface area contributed by atoms with Crippen LogP contribution < -0.4 is 0 Å². The molecule has 0 saturated carbocycles. The number of aromatic carboxylic acids is 1. The van der Waals surface area contributed by atoms with Gasteiger partial charge in [0.05, 0.1) is 11.9 Å². The largest absolute Gasteiger partial charge is 0.493 e. The first-order chi connectivity index (χ1) is 7.50. The van der Waals surface area contributed by atoms with Crippen LogP contribution in [0.25, 0.3) is 5.65 Å². The fourth-order valence-electron chi connectivity index (χ4n) is 1.53. The first-order valence-corrected chi connectivity index (χ1v) is 4.81. The zero-order chi connectivity index (χ0) is 11.9. The van der Waals surface area contributed by atoms with E-state index in [2.05, 4.69) is 10.1 Å². The summed E-state index contributed by atoms with van der Waals surface area (Å²) in [6, 6.07) is 1.48. The lowest BCUT2D eigenvalue weighted by Gasteiger charge is -2.08. The Morgan fingerprint density at radius 1 is 1.50 bits per heavy atom. The van der Waals surface area contributed by atoms with Gasteiger partial charge in [-0.25, -0.2) is 9.31 Å². The average molecular weight is 221 g/mol. The highest BCUT2D eigenvalue weighted by Crippen LogP contribution is 2.21. The van der Waals surface area contributed by atoms with E-state index in [-0.39, 0.29) is 23.0 Å². The van der Waals surface area contributed by atoms with Gasteiger partial charge in [0, 0.05) is 6.07 Å². The fourth-order valence-corrected chi connectivity index (χ4v) is 1.53. The Morgan fingerprint density at radius 2 is 2.19 bits per heavy atom. The van der Waals surface area contributed by atoms with Crippen LogP contribution in [-0.4, -0.2) is 30.8 Å². The van der Waals surface area contributed by atoms with Gasteiger partial charge in [-0.2, -0.15) is 10.1 Å². The number of aromatic nitrogens is 3. The minimum Gasteiger partial charge on any atom is -0.493 e. The van der Waals surface area contributed by atoms with E-state index in [1.165, 1.54) is 16.8 Å². The van der Waals surface area contributed by atoms with E-state index < -0.39 is 5.97 Å². The maximum Gasteiger partial charge on any atom is 0.341 e. The van der Waals surface area contributed by atoms with Gasteiger partial charge in [-0.05, 0) is 5.92 Å². The van der Waals surface area contributed by atoms with E-state index in [0.29, 0.717) is 0 Å². The Hall–Kier alpha value is -2.11. The molecule has 2 rings (SSSR count). The first-order valence-electron chi connectivity index (χ1n) is 4.81. The predicted molar refractivity (Wildman–Crippen MR) is 55.7 cm³/mol. The molecule has 6 nitrogen and oxygen atoms in total. The van der Waals surface area contributed by atoms with Crippen LogP contribution in [0, 0.1) is 0 Å². The highest BCUT2D eigenvalue weighted by molar-refractivity contribution is 5.94. The van der Waals surface area contributed by atoms with Gasteiger partial charge >= 0.3 is 5.97 Å². The minimum absolute atomic E-state index is 0.0159. The number of aromatic hydroxyl groups is 1. The molecular weight excluding hydrogens is 210 g/mol. The summed E-state index contributed by atoms with van der Waals surface area (Å²) in [6.07, 6.45) is 1.23. The number of hydrogen-bond acceptors (Lipinski definition) is 4. The molecule has 0 fully saturated rings. The molecule has 2 aromatic rings. The van der Waals surface area contributed by atoms with Gasteiger partial charge in [-0.3, -0.25) is 0 Å². The van der Waals surface area contributed by atoms with Crippen molar-refractivity contribution in [2.75, 3.05) is 0 Å². The zero-order valence-electron chi connectivity index (χ0n) is 8.88. The third-order valence-electron chi connectivity index (χ3n) is 2.31. The van der Waals surface area contributed by atoms with E-state index in [4.69, 9.17) is 5.11 Å². The standard InChI is InChI=1S/C10H11N3O3/c1-5(2)7-3-8(14)12-9-6(10(15)16)4-11-13(7)9/h3-5H,1-2H3,(H,12,14)(H,15,16). The Labute approximate surface area is 91.2 Å². The van der Waals surface area contributed by atoms with Crippen LogP contribution in [0.5, 0.6) is 5.88 Å². The highest BCUT2D eigenvalue weighted by Gasteiger charge is 2.17. The summed E-state index contributed by atoms with van der Waals surface area (Å²) < 4.78 is 1.44. The summed E-state index contributed by atoms with van der Waals surface area (Å²) in [6.45, 7) is 3.85. The molecule has 0 saturated heterocycles. The van der Waals surface area contributed by atoms with Crippen molar-refractivity contribution in [1.82, 2.24) is 14.6 Å². The molecule has 0 bridgehead atoms. The maximum absolute atomic E-state index is 10.9. The molecule has 0 aliphatic heterocycles. The van der Waals surface area contributed by atoms with E-state index in [0.717, 1.165) is 5.69 Å². The van der Waals surface area contributed by atoms with Crippen molar-refractivity contribution in [2.24, 2.45) is 0 Å². The number of rotatable bonds is 2. The van der Waals surface area contributed by atoms with Crippen molar-refractivity contribution in [2.45, 2.75) is 19.8 Å². The lowest BCUT2D eigenvalue weighted by atomic mass is 10.1. The van der Waals surface area contributed by atoms with E-state index in [9.17, 15) is 9.90 Å². The van der Waals surface area contributed by atoms with Crippen LogP contribution in [0.15, 0.2) is 12.3 Å². The third-order valence-corrected chi connectivity index (χ3v) is 2.31. The lowest BCUT2D eigenvalue weighted by Crippen LogP contribution is -2.03. The summed E-state index contributed by atoms with van der Waals surface area (Å²) in [5.74, 6) is -1.19. The van der Waals surface area contributed by atoms with Crippen molar-refractivity contribution >= 4 is 11.6 Å². The van der Waals surface area contributed by atoms with Crippen molar-refractivity contribution in [3.8, 4) is 5.88 Å². The van der Waals surface area contributed by atoms with E-state index >= 15 is 0 Å². The number of nitrogens with zero attached hydrogens (tertiary/aromatic N) is 3. The minimum atomic E-state index is -1.11. The normalized spacial score (nSPS) is 11.2. The SMILES string of the molecule is CC(C)c1cc(O)nc2c(C(=O)O)cnn12. The molecule has 0 amide bonds. The number of carbonyl (C=O) groups is 1. The van der Waals surface area contributed by atoms with Gasteiger partial charge in [0.25, 0.3) is 0 Å². The molecule has 0 unspecified atom stereocenters. The van der Waals surface area contributed by atoms with Gasteiger partial charge < -0.3 is 10.2 Å². The summed E-state index contributed by atoms with van der Waals surface area (Å²) in [5, 5.41) is 22.3. The lowest BCUT2D eigenvalue weighted by molar-refractivity contribution is 0.0699. The van der Waals surface area contributed by atoms with Crippen LogP contribution in [0.4, 0.5) is 0 Å². The molecule has 2 heterocycles. The third kappa shape index (κ3) is 1.48. The van der Waals surface area contributed by atoms with Crippen LogP contribution in [0.3, 0.4) is 0 Å². The summed E-state index contributed by atoms with van der Waals surface area (Å²) in [7, 11) is 0. The second-order valence-corrected chi connectivity index (χ2v) is 3.79. The second-order valence-electron chi connectivity index (χ2n) is 3.79. The highest BCUT2D eigenvalue weighted by atomic mass is 16.4. The van der Waals surface area contributed by atoms with Crippen molar-refractivity contribution in [3.63, 3.8) is 0 Å². The monoisotopic (exact) mass is 221 g/mol. The van der Waals surface area contributed by atoms with Crippen molar-refractivity contribution < 1.29 is 15.0 Å². The van der Waals surface area contributed by atoms with Gasteiger partial charge in [-0.15, -0.1) is 0 Å². The molecule has 84 valence electrons. The fraction of sp³-hybridized carbons (Fsp3) is 0.300. The van der Waals surface area contributed by atoms with Gasteiger partial charge in [0.15, 0.2) is 5.65 Å². The molecule has 0 spiro atoms. The van der Waals surface area contributed by atoms with Crippen molar-refractivity contribution in [3.05, 3.63) is 23.5 Å². The molecule has 0 aliphatic rings. The van der Waals surface area contributed by atoms with E-state index in [1.807, 2.05) is 13.8 Å². The van der Waals surface area contributed by atoms with Gasteiger partial charge in [0.2, 0.25) is 5.88 Å². The predicted octanol–water partition coefficient (Wildman–Crippen LogP) is 1.26. The summed E-state index contributed by atoms with van der Waals surface area (Å²) >= 11 is 0. The maximum atomic E-state index is 10.9. The molecule has 2 N–H and O–H groups in total. The number of fused-ring (bicyclic) bond motifs is 1. The molecule has 2 aromatic heterocycles. The zero-order valence-corrected chi connectivity index (χ0v) is 8.88. The van der Waals surface area contributed by atoms with Crippen molar-refractivity contribution in [1.29, 1.82) is 0 Å². The molecule has 0 atom stereocenters. The summed E-state index contributed by atoms with van der Waals surface area (Å²) in [4.78, 5) is 14.7. The first kappa shape index (κ1) is 10.4. The van der Waals surface area contributed by atoms with Gasteiger partial charge in [0.1, 0.15) is 5.56 Å². The quantitative estimate of drug-likeness (QED) is 0.796. The van der Waals surface area contributed by atoms with Crippen LogP contribution in [-0.2, 0) is 0 Å². The Morgan fingerprint density at radius 3 is 2.75 bits per heavy atom. The molecule has 0 radical (unpaired) electrons. The average Bonchev–Trinajstić information content (AvgIpc) is 2.59. The molecule has 16 heavy (non-hydrogen) atoms. The topological polar surface area (TPSA) is 87.7 Å². The van der Waals surface area contributed by atoms with Crippen LogP contribution in [0.2, 0.25) is 0 Å². The Kier molecular flexibility index (Phi) is 2.26. The van der Waals surface area contributed by atoms with Crippen LogP contribution in [0.1, 0.15) is 35.8 Å². The van der Waals surface area contributed by atoms with E-state index in [1.54, 1.807) is 0 Å². The molecule has 6 heteroatoms. The number of carboxylic acids is 1. The smallest absolute Gasteiger partial charge is 0.341 e. The Balaban J connectivity index is 2.80. The number of carboxylic acid groups (broad SMARTS) is 1. The number of hydrogen-bond donors (Lipinski definition) is 2. The second kappa shape index (κ2) is 3.48. The van der Waals surface area contributed by atoms with Crippen LogP contribution >= 0.6 is 0 Å². The van der Waals surface area contributed by atoms with Gasteiger partial charge in [-0.1, -0.05) is 13.8 Å². The summed E-state index contributed by atoms with van der Waals surface area (Å²) in [5.41, 5.74) is 0.865.